The smallest absolute Gasteiger partial charge is 0.338 e. The highest BCUT2D eigenvalue weighted by atomic mass is 16.7. The summed E-state index contributed by atoms with van der Waals surface area (Å²) >= 11 is 0. The molecule has 0 radical (unpaired) electrons. The molecule has 256 valence electrons. The third-order valence-electron chi connectivity index (χ3n) is 10.7. The molecule has 2 aliphatic heterocycles. The van der Waals surface area contributed by atoms with Gasteiger partial charge in [-0.1, -0.05) is 45.0 Å². The van der Waals surface area contributed by atoms with E-state index in [-0.39, 0.29) is 30.0 Å². The molecule has 2 aliphatic carbocycles. The van der Waals surface area contributed by atoms with Crippen LogP contribution in [-0.4, -0.2) is 89.2 Å². The number of ether oxygens (including phenoxy) is 5. The van der Waals surface area contributed by atoms with Crippen LogP contribution in [0.4, 0.5) is 0 Å². The Morgan fingerprint density at radius 2 is 1.74 bits per heavy atom. The van der Waals surface area contributed by atoms with Crippen molar-refractivity contribution in [2.45, 2.75) is 96.6 Å². The average molecular weight is 657 g/mol. The monoisotopic (exact) mass is 656 g/mol. The minimum absolute atomic E-state index is 0.0438. The molecule has 0 amide bonds. The molecule has 3 N–H and O–H groups in total. The molecular weight excluding hydrogens is 612 g/mol. The molecule has 1 saturated heterocycles. The average Bonchev–Trinajstić information content (AvgIpc) is 3.47. The molecule has 12 heteroatoms. The predicted octanol–water partition coefficient (Wildman–Crippen LogP) is 2.78. The second-order valence-electron chi connectivity index (χ2n) is 13.6. The van der Waals surface area contributed by atoms with Crippen molar-refractivity contribution >= 4 is 23.9 Å². The summed E-state index contributed by atoms with van der Waals surface area (Å²) in [6, 6.07) is 8.03. The Morgan fingerprint density at radius 1 is 1.02 bits per heavy atom. The largest absolute Gasteiger partial charge is 0.462 e. The van der Waals surface area contributed by atoms with Crippen LogP contribution < -0.4 is 0 Å². The van der Waals surface area contributed by atoms with Gasteiger partial charge < -0.3 is 39.0 Å². The number of allylic oxidation sites excluding steroid dienone is 1. The Labute approximate surface area is 273 Å². The van der Waals surface area contributed by atoms with E-state index in [1.54, 1.807) is 24.3 Å². The number of fused-ring (bicyclic) bond motifs is 1. The summed E-state index contributed by atoms with van der Waals surface area (Å²) in [7, 11) is 0. The second kappa shape index (κ2) is 13.9. The summed E-state index contributed by atoms with van der Waals surface area (Å²) in [6.07, 6.45) is -2.18. The first-order chi connectivity index (χ1) is 22.3. The Balaban J connectivity index is 1.35. The number of esters is 4. The lowest BCUT2D eigenvalue weighted by Gasteiger charge is -2.59. The summed E-state index contributed by atoms with van der Waals surface area (Å²) in [5, 5.41) is 31.9. The maximum Gasteiger partial charge on any atom is 0.338 e. The first-order valence-electron chi connectivity index (χ1n) is 16.1. The lowest BCUT2D eigenvalue weighted by molar-refractivity contribution is -0.291. The lowest BCUT2D eigenvalue weighted by atomic mass is 9.46. The number of aliphatic hydroxyl groups is 3. The zero-order chi connectivity index (χ0) is 34.1. The van der Waals surface area contributed by atoms with Crippen LogP contribution in [-0.2, 0) is 38.1 Å². The minimum Gasteiger partial charge on any atom is -0.462 e. The van der Waals surface area contributed by atoms with Gasteiger partial charge in [0, 0.05) is 24.0 Å². The van der Waals surface area contributed by atoms with Gasteiger partial charge in [0.1, 0.15) is 31.0 Å². The molecule has 4 aliphatic rings. The van der Waals surface area contributed by atoms with Gasteiger partial charge in [-0.15, -0.1) is 0 Å². The van der Waals surface area contributed by atoms with E-state index in [4.69, 9.17) is 23.7 Å². The Bertz CT molecular complexity index is 1420. The number of carbonyl (C=O) groups is 4. The Hall–Kier alpha value is -3.58. The van der Waals surface area contributed by atoms with E-state index < -0.39 is 72.2 Å². The highest BCUT2D eigenvalue weighted by molar-refractivity contribution is 5.91. The van der Waals surface area contributed by atoms with Gasteiger partial charge in [0.25, 0.3) is 0 Å². The van der Waals surface area contributed by atoms with Crippen molar-refractivity contribution in [1.82, 2.24) is 0 Å². The van der Waals surface area contributed by atoms with Crippen LogP contribution in [0.15, 0.2) is 53.6 Å². The molecular formula is C35H44O12. The van der Waals surface area contributed by atoms with E-state index in [0.717, 1.165) is 12.0 Å². The topological polar surface area (TPSA) is 175 Å². The third kappa shape index (κ3) is 6.87. The fraction of sp³-hybridized carbons (Fsp3) is 0.600. The maximum absolute atomic E-state index is 14.0. The van der Waals surface area contributed by atoms with Crippen LogP contribution in [0.5, 0.6) is 0 Å². The molecule has 1 saturated carbocycles. The van der Waals surface area contributed by atoms with E-state index >= 15 is 0 Å². The van der Waals surface area contributed by atoms with E-state index in [1.807, 2.05) is 6.92 Å². The van der Waals surface area contributed by atoms with Crippen LogP contribution in [0.25, 0.3) is 0 Å². The summed E-state index contributed by atoms with van der Waals surface area (Å²) in [5.74, 6) is -2.48. The first-order valence-corrected chi connectivity index (χ1v) is 16.1. The van der Waals surface area contributed by atoms with E-state index in [1.165, 1.54) is 25.1 Å². The zero-order valence-corrected chi connectivity index (χ0v) is 27.1. The molecule has 5 rings (SSSR count). The van der Waals surface area contributed by atoms with Gasteiger partial charge in [0.2, 0.25) is 6.29 Å². The van der Waals surface area contributed by atoms with Crippen LogP contribution >= 0.6 is 0 Å². The van der Waals surface area contributed by atoms with Crippen molar-refractivity contribution in [2.75, 3.05) is 13.2 Å². The van der Waals surface area contributed by atoms with Crippen molar-refractivity contribution < 1.29 is 58.2 Å². The van der Waals surface area contributed by atoms with Crippen LogP contribution in [0.3, 0.4) is 0 Å². The van der Waals surface area contributed by atoms with Crippen molar-refractivity contribution in [2.24, 2.45) is 22.7 Å². The van der Waals surface area contributed by atoms with E-state index in [9.17, 15) is 34.5 Å². The normalized spacial score (nSPS) is 36.7. The van der Waals surface area contributed by atoms with E-state index in [2.05, 4.69) is 13.8 Å². The second-order valence-corrected chi connectivity index (χ2v) is 13.6. The summed E-state index contributed by atoms with van der Waals surface area (Å²) < 4.78 is 27.8. The molecule has 0 unspecified atom stereocenters. The highest BCUT2D eigenvalue weighted by Crippen LogP contribution is 2.63. The number of hydrogen-bond donors (Lipinski definition) is 3. The van der Waals surface area contributed by atoms with Gasteiger partial charge >= 0.3 is 23.9 Å². The van der Waals surface area contributed by atoms with Crippen molar-refractivity contribution in [3.63, 3.8) is 0 Å². The first kappa shape index (κ1) is 34.7. The van der Waals surface area contributed by atoms with Gasteiger partial charge in [0.15, 0.2) is 6.10 Å². The molecule has 10 atom stereocenters. The maximum atomic E-state index is 14.0. The van der Waals surface area contributed by atoms with Crippen molar-refractivity contribution in [3.8, 4) is 0 Å². The van der Waals surface area contributed by atoms with Gasteiger partial charge in [-0.3, -0.25) is 4.79 Å². The van der Waals surface area contributed by atoms with Crippen molar-refractivity contribution in [3.05, 3.63) is 59.2 Å². The fourth-order valence-electron chi connectivity index (χ4n) is 8.07. The highest BCUT2D eigenvalue weighted by Gasteiger charge is 2.60. The molecule has 0 spiro atoms. The summed E-state index contributed by atoms with van der Waals surface area (Å²) in [6.45, 7) is 7.04. The van der Waals surface area contributed by atoms with Gasteiger partial charge in [-0.25, -0.2) is 14.4 Å². The number of aliphatic hydroxyl groups excluding tert-OH is 3. The molecule has 2 fully saturated rings. The van der Waals surface area contributed by atoms with Gasteiger partial charge in [-0.2, -0.15) is 0 Å². The SMILES string of the molecule is CC(=O)O[C@H]1C[C@@]2(C)C(C(=O)O[C@@H]3O[C@H](CO)[C@@H](OC(=O)c4ccccc4)[C@H](O)[C@H]3O)=CCC[C@@H]2[C@@](C)(CCC2=CC(=O)OC2)[C@@H]1C. The van der Waals surface area contributed by atoms with Gasteiger partial charge in [-0.05, 0) is 67.1 Å². The predicted molar refractivity (Wildman–Crippen MR) is 164 cm³/mol. The Morgan fingerprint density at radius 3 is 2.38 bits per heavy atom. The number of rotatable bonds is 9. The fourth-order valence-corrected chi connectivity index (χ4v) is 8.07. The van der Waals surface area contributed by atoms with E-state index in [0.29, 0.717) is 31.3 Å². The standard InChI is InChI=1S/C35H44O12/c1-19-24(44-20(2)37)16-35(4)23(11-8-12-26(35)34(19,3)14-13-21-15-27(38)43-18-21)32(42)47-33-29(40)28(39)30(25(17-36)45-33)46-31(41)22-9-6-5-7-10-22/h5-7,9-11,15,19,24-26,28-30,33,36,39-40H,8,12-14,16-18H2,1-4H3/t19-,24+,25-,26-,28-,29-,30-,33+,34+,35+/m1/s1. The summed E-state index contributed by atoms with van der Waals surface area (Å²) in [5.41, 5.74) is 0.197. The van der Waals surface area contributed by atoms with Crippen molar-refractivity contribution in [1.29, 1.82) is 0 Å². The quantitative estimate of drug-likeness (QED) is 0.262. The summed E-state index contributed by atoms with van der Waals surface area (Å²) in [4.78, 5) is 50.5. The molecule has 47 heavy (non-hydrogen) atoms. The number of carbonyl (C=O) groups excluding carboxylic acids is 4. The lowest BCUT2D eigenvalue weighted by Crippen LogP contribution is -2.61. The molecule has 0 aromatic heterocycles. The molecule has 12 nitrogen and oxygen atoms in total. The van der Waals surface area contributed by atoms with Gasteiger partial charge in [0.05, 0.1) is 12.2 Å². The zero-order valence-electron chi connectivity index (χ0n) is 27.1. The van der Waals surface area contributed by atoms with Crippen LogP contribution in [0.1, 0.15) is 70.2 Å². The Kier molecular flexibility index (Phi) is 10.3. The molecule has 2 heterocycles. The number of cyclic esters (lactones) is 1. The number of benzene rings is 1. The third-order valence-corrected chi connectivity index (χ3v) is 10.7. The van der Waals surface area contributed by atoms with Crippen LogP contribution in [0.2, 0.25) is 0 Å². The molecule has 1 aromatic carbocycles. The number of hydrogen-bond acceptors (Lipinski definition) is 12. The van der Waals surface area contributed by atoms with Crippen LogP contribution in [0, 0.1) is 22.7 Å². The minimum atomic E-state index is -1.79. The molecule has 0 bridgehead atoms. The molecule has 1 aromatic rings.